The molecule has 0 radical (unpaired) electrons. The number of ether oxygens (including phenoxy) is 2. The minimum atomic E-state index is -6.44. The predicted molar refractivity (Wildman–Crippen MR) is 142 cm³/mol. The molecule has 4 aromatic rings. The van der Waals surface area contributed by atoms with Crippen molar-refractivity contribution in [3.8, 4) is 31.0 Å². The maximum absolute atomic E-state index is 17.3. The fraction of sp³-hybridized carbons (Fsp3) is 0.310. The molecule has 0 N–H and O–H groups in total. The molecule has 0 spiro atoms. The summed E-state index contributed by atoms with van der Waals surface area (Å²) in [5, 5.41) is -1.44. The van der Waals surface area contributed by atoms with Crippen molar-refractivity contribution in [2.45, 2.75) is 43.0 Å². The molecule has 2 aromatic carbocycles. The molecule has 2 aromatic heterocycles. The van der Waals surface area contributed by atoms with Crippen LogP contribution in [0.25, 0.3) is 20.9 Å². The summed E-state index contributed by atoms with van der Waals surface area (Å²) >= 11 is 1.11. The first kappa shape index (κ1) is 29.4. The van der Waals surface area contributed by atoms with Gasteiger partial charge >= 0.3 is 17.8 Å². The van der Waals surface area contributed by atoms with Crippen molar-refractivity contribution in [1.29, 1.82) is 0 Å². The van der Waals surface area contributed by atoms with E-state index >= 15 is 35.1 Å². The first-order chi connectivity index (χ1) is 19.3. The van der Waals surface area contributed by atoms with Gasteiger partial charge in [0.05, 0.1) is 24.3 Å². The van der Waals surface area contributed by atoms with Gasteiger partial charge < -0.3 is 9.47 Å². The lowest BCUT2D eigenvalue weighted by Gasteiger charge is -2.36. The standard InChI is InChI=1S/C29H22F8O2S2/c1-3-38-23-19(15-21(40-23)17-11-7-5-8-12-17)25(30)26(31,28(34,35)29(36,37)27(25,32)33)20-16-22(41-24(20)39-4-2)18-13-9-6-10-14-18/h5-16H,3-4H2,1-2H3. The zero-order chi connectivity index (χ0) is 29.8. The Morgan fingerprint density at radius 2 is 0.878 bits per heavy atom. The van der Waals surface area contributed by atoms with Gasteiger partial charge in [-0.2, -0.15) is 26.3 Å². The minimum absolute atomic E-state index is 0.0260. The first-order valence-corrected chi connectivity index (χ1v) is 14.1. The van der Waals surface area contributed by atoms with E-state index in [-0.39, 0.29) is 23.0 Å². The van der Waals surface area contributed by atoms with Gasteiger partial charge in [-0.05, 0) is 37.1 Å². The van der Waals surface area contributed by atoms with Gasteiger partial charge in [0.1, 0.15) is 0 Å². The van der Waals surface area contributed by atoms with Gasteiger partial charge in [0, 0.05) is 9.75 Å². The number of hydrogen-bond acceptors (Lipinski definition) is 4. The van der Waals surface area contributed by atoms with E-state index in [0.717, 1.165) is 0 Å². The summed E-state index contributed by atoms with van der Waals surface area (Å²) < 4.78 is 138. The van der Waals surface area contributed by atoms with E-state index in [1.54, 1.807) is 36.4 Å². The summed E-state index contributed by atoms with van der Waals surface area (Å²) in [5.41, 5.74) is -12.8. The van der Waals surface area contributed by atoms with Crippen LogP contribution in [0.2, 0.25) is 0 Å². The second-order valence-electron chi connectivity index (χ2n) is 9.26. The normalized spacial score (nSPS) is 24.3. The summed E-state index contributed by atoms with van der Waals surface area (Å²) in [7, 11) is 0. The second kappa shape index (κ2) is 10.0. The summed E-state index contributed by atoms with van der Waals surface area (Å²) in [6, 6.07) is 16.9. The van der Waals surface area contributed by atoms with Crippen LogP contribution in [0.3, 0.4) is 0 Å². The molecule has 0 amide bonds. The number of halogens is 8. The molecule has 5 rings (SSSR count). The molecule has 1 aliphatic rings. The summed E-state index contributed by atoms with van der Waals surface area (Å²) in [4.78, 5) is 0.0520. The van der Waals surface area contributed by atoms with E-state index < -0.39 is 50.4 Å². The van der Waals surface area contributed by atoms with E-state index in [1.807, 2.05) is 0 Å². The van der Waals surface area contributed by atoms with Crippen molar-refractivity contribution in [3.05, 3.63) is 83.9 Å². The summed E-state index contributed by atoms with van der Waals surface area (Å²) in [6.07, 6.45) is 0. The van der Waals surface area contributed by atoms with Crippen LogP contribution in [0, 0.1) is 0 Å². The fourth-order valence-electron chi connectivity index (χ4n) is 4.97. The SMILES string of the molecule is CCOc1sc(-c2ccccc2)cc1C1(F)C(F)(F)C(F)(F)C(F)(F)C1(F)c1cc(-c2ccccc2)sc1OCC. The second-order valence-corrected chi connectivity index (χ2v) is 11.3. The molecule has 0 bridgehead atoms. The van der Waals surface area contributed by atoms with E-state index in [9.17, 15) is 0 Å². The fourth-order valence-corrected chi connectivity index (χ4v) is 7.20. The molecule has 0 saturated heterocycles. The highest BCUT2D eigenvalue weighted by molar-refractivity contribution is 7.17. The van der Waals surface area contributed by atoms with Crippen LogP contribution in [0.1, 0.15) is 25.0 Å². The number of hydrogen-bond donors (Lipinski definition) is 0. The van der Waals surface area contributed by atoms with Crippen LogP contribution in [0.15, 0.2) is 72.8 Å². The Hall–Kier alpha value is -3.12. The van der Waals surface area contributed by atoms with Gasteiger partial charge in [0.25, 0.3) is 11.3 Å². The van der Waals surface area contributed by atoms with E-state index in [1.165, 1.54) is 38.1 Å². The number of alkyl halides is 8. The van der Waals surface area contributed by atoms with Crippen LogP contribution in [-0.2, 0) is 11.3 Å². The number of thiophene rings is 2. The maximum atomic E-state index is 17.3. The van der Waals surface area contributed by atoms with E-state index in [4.69, 9.17) is 9.47 Å². The number of benzene rings is 2. The molecule has 218 valence electrons. The van der Waals surface area contributed by atoms with Crippen molar-refractivity contribution >= 4 is 22.7 Å². The first-order valence-electron chi connectivity index (χ1n) is 12.5. The Kier molecular flexibility index (Phi) is 7.17. The smallest absolute Gasteiger partial charge is 0.379 e. The van der Waals surface area contributed by atoms with Crippen LogP contribution >= 0.6 is 22.7 Å². The highest BCUT2D eigenvalue weighted by Gasteiger charge is 3.00. The zero-order valence-electron chi connectivity index (χ0n) is 21.5. The Morgan fingerprint density at radius 3 is 1.20 bits per heavy atom. The predicted octanol–water partition coefficient (Wildman–Crippen LogP) is 9.89. The van der Waals surface area contributed by atoms with Gasteiger partial charge in [-0.1, -0.05) is 83.3 Å². The van der Waals surface area contributed by atoms with Gasteiger partial charge in [0.2, 0.25) is 0 Å². The van der Waals surface area contributed by atoms with Gasteiger partial charge in [-0.3, -0.25) is 0 Å². The molecule has 1 aliphatic carbocycles. The molecule has 2 heterocycles. The quantitative estimate of drug-likeness (QED) is 0.183. The van der Waals surface area contributed by atoms with Gasteiger partial charge in [-0.25, -0.2) is 8.78 Å². The molecular formula is C29H22F8O2S2. The van der Waals surface area contributed by atoms with Crippen LogP contribution in [0.5, 0.6) is 10.1 Å². The molecular weight excluding hydrogens is 596 g/mol. The van der Waals surface area contributed by atoms with Gasteiger partial charge in [-0.15, -0.1) is 0 Å². The Labute approximate surface area is 238 Å². The summed E-state index contributed by atoms with van der Waals surface area (Å²) in [5.74, 6) is -18.9. The van der Waals surface area contributed by atoms with Crippen molar-refractivity contribution in [2.75, 3.05) is 13.2 Å². The lowest BCUT2D eigenvalue weighted by Crippen LogP contribution is -2.52. The van der Waals surface area contributed by atoms with Gasteiger partial charge in [0.15, 0.2) is 10.1 Å². The Balaban J connectivity index is 1.85. The topological polar surface area (TPSA) is 18.5 Å². The average molecular weight is 619 g/mol. The largest absolute Gasteiger partial charge is 0.484 e. The van der Waals surface area contributed by atoms with Crippen LogP contribution in [-0.4, -0.2) is 31.0 Å². The molecule has 12 heteroatoms. The van der Waals surface area contributed by atoms with Crippen LogP contribution in [0.4, 0.5) is 35.1 Å². The van der Waals surface area contributed by atoms with Crippen molar-refractivity contribution in [1.82, 2.24) is 0 Å². The van der Waals surface area contributed by atoms with Crippen molar-refractivity contribution in [3.63, 3.8) is 0 Å². The third kappa shape index (κ3) is 3.86. The molecule has 2 unspecified atom stereocenters. The molecule has 0 aliphatic heterocycles. The average Bonchev–Trinajstić information content (AvgIpc) is 3.59. The maximum Gasteiger partial charge on any atom is 0.379 e. The molecule has 1 fully saturated rings. The minimum Gasteiger partial charge on any atom is -0.484 e. The number of rotatable bonds is 8. The third-order valence-electron chi connectivity index (χ3n) is 6.93. The lowest BCUT2D eigenvalue weighted by atomic mass is 9.77. The van der Waals surface area contributed by atoms with Crippen molar-refractivity contribution < 1.29 is 44.6 Å². The highest BCUT2D eigenvalue weighted by Crippen LogP contribution is 2.77. The molecule has 2 nitrogen and oxygen atoms in total. The van der Waals surface area contributed by atoms with Crippen LogP contribution < -0.4 is 9.47 Å². The summed E-state index contributed by atoms with van der Waals surface area (Å²) in [6.45, 7) is 2.26. The molecule has 2 atom stereocenters. The Morgan fingerprint density at radius 1 is 0.537 bits per heavy atom. The lowest BCUT2D eigenvalue weighted by molar-refractivity contribution is -0.293. The van der Waals surface area contributed by atoms with E-state index in [0.29, 0.717) is 45.9 Å². The molecule has 1 saturated carbocycles. The third-order valence-corrected chi connectivity index (χ3v) is 9.13. The van der Waals surface area contributed by atoms with Crippen molar-refractivity contribution in [2.24, 2.45) is 0 Å². The van der Waals surface area contributed by atoms with E-state index in [2.05, 4.69) is 0 Å². The molecule has 41 heavy (non-hydrogen) atoms. The monoisotopic (exact) mass is 618 g/mol. The highest BCUT2D eigenvalue weighted by atomic mass is 32.1. The Bertz CT molecular complexity index is 1420. The zero-order valence-corrected chi connectivity index (χ0v) is 23.1.